The van der Waals surface area contributed by atoms with E-state index in [4.69, 9.17) is 4.74 Å². The highest BCUT2D eigenvalue weighted by Gasteiger charge is 2.32. The highest BCUT2D eigenvalue weighted by molar-refractivity contribution is 4.84. The summed E-state index contributed by atoms with van der Waals surface area (Å²) in [6, 6.07) is 0.105. The first-order chi connectivity index (χ1) is 7.94. The molecule has 3 nitrogen and oxygen atoms in total. The third-order valence-electron chi connectivity index (χ3n) is 2.94. The number of halogens is 3. The van der Waals surface area contributed by atoms with E-state index < -0.39 is 12.7 Å². The van der Waals surface area contributed by atoms with Crippen LogP contribution in [0.2, 0.25) is 0 Å². The van der Waals surface area contributed by atoms with Gasteiger partial charge in [-0.1, -0.05) is 6.92 Å². The smallest absolute Gasteiger partial charge is 0.380 e. The molecule has 1 aliphatic rings. The van der Waals surface area contributed by atoms with Crippen LogP contribution in [0.1, 0.15) is 19.8 Å². The molecule has 0 bridgehead atoms. The van der Waals surface area contributed by atoms with Crippen molar-refractivity contribution in [3.63, 3.8) is 0 Å². The van der Waals surface area contributed by atoms with Crippen molar-refractivity contribution in [3.05, 3.63) is 0 Å². The lowest BCUT2D eigenvalue weighted by molar-refractivity contribution is -0.146. The molecule has 0 saturated carbocycles. The van der Waals surface area contributed by atoms with Crippen LogP contribution in [0.5, 0.6) is 0 Å². The number of rotatable bonds is 6. The van der Waals surface area contributed by atoms with Crippen molar-refractivity contribution in [2.24, 2.45) is 0 Å². The number of hydrogen-bond acceptors (Lipinski definition) is 3. The van der Waals surface area contributed by atoms with Crippen LogP contribution in [0.3, 0.4) is 0 Å². The van der Waals surface area contributed by atoms with Gasteiger partial charge in [-0.2, -0.15) is 13.2 Å². The van der Waals surface area contributed by atoms with Gasteiger partial charge in [0.25, 0.3) is 0 Å². The van der Waals surface area contributed by atoms with E-state index in [1.165, 1.54) is 4.90 Å². The zero-order valence-corrected chi connectivity index (χ0v) is 10.4. The molecule has 1 saturated heterocycles. The monoisotopic (exact) mass is 254 g/mol. The summed E-state index contributed by atoms with van der Waals surface area (Å²) in [5.41, 5.74) is 0. The van der Waals surface area contributed by atoms with E-state index in [1.54, 1.807) is 7.11 Å². The summed E-state index contributed by atoms with van der Waals surface area (Å²) >= 11 is 0. The zero-order chi connectivity index (χ0) is 12.9. The fourth-order valence-corrected chi connectivity index (χ4v) is 2.22. The summed E-state index contributed by atoms with van der Waals surface area (Å²) in [6.45, 7) is 2.72. The molecular formula is C11H21F3N2O. The molecule has 1 fully saturated rings. The van der Waals surface area contributed by atoms with Crippen LogP contribution in [-0.2, 0) is 4.74 Å². The standard InChI is InChI=1S/C11H21F3N2O/c1-3-4-16(8-11(12,13)14)7-9-5-10(17-2)6-15-9/h9-10,15H,3-8H2,1-2H3. The van der Waals surface area contributed by atoms with Crippen molar-refractivity contribution in [1.82, 2.24) is 10.2 Å². The summed E-state index contributed by atoms with van der Waals surface area (Å²) in [4.78, 5) is 1.47. The molecule has 0 radical (unpaired) electrons. The first-order valence-corrected chi connectivity index (χ1v) is 6.00. The molecule has 102 valence electrons. The summed E-state index contributed by atoms with van der Waals surface area (Å²) in [5, 5.41) is 3.20. The van der Waals surface area contributed by atoms with E-state index in [0.717, 1.165) is 19.4 Å². The number of hydrogen-bond donors (Lipinski definition) is 1. The predicted molar refractivity (Wildman–Crippen MR) is 60.0 cm³/mol. The summed E-state index contributed by atoms with van der Waals surface area (Å²) in [6.07, 6.45) is -2.46. The Hall–Kier alpha value is -0.330. The normalized spacial score (nSPS) is 25.8. The quantitative estimate of drug-likeness (QED) is 0.780. The average Bonchev–Trinajstić information content (AvgIpc) is 2.63. The topological polar surface area (TPSA) is 24.5 Å². The molecule has 17 heavy (non-hydrogen) atoms. The fraction of sp³-hybridized carbons (Fsp3) is 1.00. The van der Waals surface area contributed by atoms with Gasteiger partial charge >= 0.3 is 6.18 Å². The summed E-state index contributed by atoms with van der Waals surface area (Å²) < 4.78 is 42.3. The minimum absolute atomic E-state index is 0.105. The molecule has 0 spiro atoms. The van der Waals surface area contributed by atoms with Gasteiger partial charge in [-0.25, -0.2) is 0 Å². The molecule has 6 heteroatoms. The Morgan fingerprint density at radius 2 is 2.12 bits per heavy atom. The molecule has 1 aliphatic heterocycles. The third kappa shape index (κ3) is 5.70. The van der Waals surface area contributed by atoms with Crippen LogP contribution in [0.4, 0.5) is 13.2 Å². The third-order valence-corrected chi connectivity index (χ3v) is 2.94. The second kappa shape index (κ2) is 6.56. The van der Waals surface area contributed by atoms with Crippen molar-refractivity contribution < 1.29 is 17.9 Å². The molecule has 0 amide bonds. The fourth-order valence-electron chi connectivity index (χ4n) is 2.22. The largest absolute Gasteiger partial charge is 0.401 e. The van der Waals surface area contributed by atoms with Crippen molar-refractivity contribution in [3.8, 4) is 0 Å². The van der Waals surface area contributed by atoms with E-state index in [0.29, 0.717) is 13.1 Å². The van der Waals surface area contributed by atoms with E-state index in [-0.39, 0.29) is 12.1 Å². The second-order valence-corrected chi connectivity index (χ2v) is 4.55. The lowest BCUT2D eigenvalue weighted by Gasteiger charge is -2.26. The van der Waals surface area contributed by atoms with E-state index in [2.05, 4.69) is 5.32 Å². The van der Waals surface area contributed by atoms with Crippen LogP contribution >= 0.6 is 0 Å². The molecule has 2 unspecified atom stereocenters. The Morgan fingerprint density at radius 3 is 2.59 bits per heavy atom. The molecule has 0 aromatic rings. The summed E-state index contributed by atoms with van der Waals surface area (Å²) in [7, 11) is 1.63. The van der Waals surface area contributed by atoms with Crippen molar-refractivity contribution in [1.29, 1.82) is 0 Å². The van der Waals surface area contributed by atoms with E-state index in [1.807, 2.05) is 6.92 Å². The maximum Gasteiger partial charge on any atom is 0.401 e. The first-order valence-electron chi connectivity index (χ1n) is 6.00. The highest BCUT2D eigenvalue weighted by Crippen LogP contribution is 2.18. The first kappa shape index (κ1) is 14.7. The Bertz CT molecular complexity index is 223. The number of ether oxygens (including phenoxy) is 1. The Labute approximate surface area is 100 Å². The summed E-state index contributed by atoms with van der Waals surface area (Å²) in [5.74, 6) is 0. The van der Waals surface area contributed by atoms with Crippen LogP contribution in [0.25, 0.3) is 0 Å². The molecule has 1 heterocycles. The molecule has 0 aromatic carbocycles. The SMILES string of the molecule is CCCN(CC1CC(OC)CN1)CC(F)(F)F. The average molecular weight is 254 g/mol. The molecule has 0 aliphatic carbocycles. The number of nitrogens with zero attached hydrogens (tertiary/aromatic N) is 1. The maximum atomic E-state index is 12.4. The van der Waals surface area contributed by atoms with Gasteiger partial charge in [0.05, 0.1) is 12.6 Å². The van der Waals surface area contributed by atoms with Gasteiger partial charge in [-0.05, 0) is 19.4 Å². The van der Waals surface area contributed by atoms with Crippen LogP contribution in [-0.4, -0.2) is 56.5 Å². The predicted octanol–water partition coefficient (Wildman–Crippen LogP) is 1.64. The van der Waals surface area contributed by atoms with Gasteiger partial charge in [0.1, 0.15) is 0 Å². The minimum atomic E-state index is -4.12. The van der Waals surface area contributed by atoms with Crippen molar-refractivity contribution >= 4 is 0 Å². The van der Waals surface area contributed by atoms with Gasteiger partial charge in [0, 0.05) is 26.2 Å². The van der Waals surface area contributed by atoms with Gasteiger partial charge < -0.3 is 10.1 Å². The van der Waals surface area contributed by atoms with Gasteiger partial charge in [-0.3, -0.25) is 4.90 Å². The molecule has 2 atom stereocenters. The number of alkyl halides is 3. The van der Waals surface area contributed by atoms with Crippen molar-refractivity contribution in [2.75, 3.05) is 33.3 Å². The van der Waals surface area contributed by atoms with Gasteiger partial charge in [0.15, 0.2) is 0 Å². The second-order valence-electron chi connectivity index (χ2n) is 4.55. The lowest BCUT2D eigenvalue weighted by atomic mass is 10.2. The highest BCUT2D eigenvalue weighted by atomic mass is 19.4. The van der Waals surface area contributed by atoms with Crippen LogP contribution in [0.15, 0.2) is 0 Å². The van der Waals surface area contributed by atoms with Crippen LogP contribution in [0, 0.1) is 0 Å². The molecule has 0 aromatic heterocycles. The minimum Gasteiger partial charge on any atom is -0.380 e. The zero-order valence-electron chi connectivity index (χ0n) is 10.4. The van der Waals surface area contributed by atoms with E-state index in [9.17, 15) is 13.2 Å². The Balaban J connectivity index is 2.39. The maximum absolute atomic E-state index is 12.4. The Kier molecular flexibility index (Phi) is 5.69. The number of nitrogens with one attached hydrogen (secondary N) is 1. The number of methoxy groups -OCH3 is 1. The van der Waals surface area contributed by atoms with Gasteiger partial charge in [0.2, 0.25) is 0 Å². The lowest BCUT2D eigenvalue weighted by Crippen LogP contribution is -2.42. The van der Waals surface area contributed by atoms with Crippen LogP contribution < -0.4 is 5.32 Å². The van der Waals surface area contributed by atoms with Crippen molar-refractivity contribution in [2.45, 2.75) is 38.1 Å². The molecule has 1 rings (SSSR count). The Morgan fingerprint density at radius 1 is 1.41 bits per heavy atom. The molecule has 1 N–H and O–H groups in total. The van der Waals surface area contributed by atoms with E-state index >= 15 is 0 Å². The molecular weight excluding hydrogens is 233 g/mol. The van der Waals surface area contributed by atoms with Gasteiger partial charge in [-0.15, -0.1) is 0 Å².